The van der Waals surface area contributed by atoms with Crippen molar-refractivity contribution < 1.29 is 0 Å². The van der Waals surface area contributed by atoms with Crippen molar-refractivity contribution in [3.63, 3.8) is 0 Å². The maximum absolute atomic E-state index is 3.76. The van der Waals surface area contributed by atoms with Crippen LogP contribution in [0, 0.1) is 17.3 Å². The van der Waals surface area contributed by atoms with E-state index in [0.29, 0.717) is 11.5 Å². The SMILES string of the molecule is CCCCC1CCC(CNC(C)C)(CC(C)CCC)CC1. The molecule has 21 heavy (non-hydrogen) atoms. The zero-order valence-electron chi connectivity index (χ0n) is 15.5. The zero-order valence-corrected chi connectivity index (χ0v) is 15.5. The Kier molecular flexibility index (Phi) is 8.94. The van der Waals surface area contributed by atoms with Gasteiger partial charge in [0, 0.05) is 12.6 Å². The van der Waals surface area contributed by atoms with Gasteiger partial charge in [0.2, 0.25) is 0 Å². The maximum Gasteiger partial charge on any atom is 0.00106 e. The summed E-state index contributed by atoms with van der Waals surface area (Å²) in [6, 6.07) is 0.626. The van der Waals surface area contributed by atoms with Gasteiger partial charge >= 0.3 is 0 Å². The largest absolute Gasteiger partial charge is 0.314 e. The van der Waals surface area contributed by atoms with Gasteiger partial charge in [-0.05, 0) is 49.4 Å². The van der Waals surface area contributed by atoms with Crippen molar-refractivity contribution in [2.75, 3.05) is 6.54 Å². The smallest absolute Gasteiger partial charge is 0.00106 e. The first kappa shape index (κ1) is 19.0. The summed E-state index contributed by atoms with van der Waals surface area (Å²) < 4.78 is 0. The first-order valence-corrected chi connectivity index (χ1v) is 9.74. The van der Waals surface area contributed by atoms with Crippen molar-refractivity contribution in [1.29, 1.82) is 0 Å². The van der Waals surface area contributed by atoms with Gasteiger partial charge in [-0.2, -0.15) is 0 Å². The lowest BCUT2D eigenvalue weighted by molar-refractivity contribution is 0.104. The summed E-state index contributed by atoms with van der Waals surface area (Å²) in [5, 5.41) is 3.76. The summed E-state index contributed by atoms with van der Waals surface area (Å²) in [5.41, 5.74) is 0.599. The van der Waals surface area contributed by atoms with Crippen molar-refractivity contribution in [1.82, 2.24) is 5.32 Å². The lowest BCUT2D eigenvalue weighted by Crippen LogP contribution is -2.41. The molecule has 0 aromatic carbocycles. The third-order valence-corrected chi connectivity index (χ3v) is 5.58. The second kappa shape index (κ2) is 9.87. The highest BCUT2D eigenvalue weighted by molar-refractivity contribution is 4.89. The highest BCUT2D eigenvalue weighted by Gasteiger charge is 2.35. The van der Waals surface area contributed by atoms with Crippen molar-refractivity contribution in [3.05, 3.63) is 0 Å². The molecule has 1 nitrogen and oxygen atoms in total. The van der Waals surface area contributed by atoms with Gasteiger partial charge in [0.15, 0.2) is 0 Å². The van der Waals surface area contributed by atoms with Crippen LogP contribution >= 0.6 is 0 Å². The van der Waals surface area contributed by atoms with Crippen molar-refractivity contribution >= 4 is 0 Å². The van der Waals surface area contributed by atoms with E-state index in [2.05, 4.69) is 39.9 Å². The molecule has 1 unspecified atom stereocenters. The van der Waals surface area contributed by atoms with Crippen LogP contribution in [0.3, 0.4) is 0 Å². The van der Waals surface area contributed by atoms with E-state index in [9.17, 15) is 0 Å². The van der Waals surface area contributed by atoms with Crippen molar-refractivity contribution in [2.45, 2.75) is 105 Å². The number of nitrogens with one attached hydrogen (secondary N) is 1. The van der Waals surface area contributed by atoms with Crippen LogP contribution in [0.1, 0.15) is 98.8 Å². The van der Waals surface area contributed by atoms with Gasteiger partial charge in [-0.3, -0.25) is 0 Å². The van der Waals surface area contributed by atoms with Crippen molar-refractivity contribution in [3.8, 4) is 0 Å². The lowest BCUT2D eigenvalue weighted by atomic mass is 9.65. The van der Waals surface area contributed by atoms with Crippen LogP contribution in [0.4, 0.5) is 0 Å². The molecule has 0 aromatic heterocycles. The normalized spacial score (nSPS) is 28.0. The van der Waals surface area contributed by atoms with Crippen LogP contribution in [-0.4, -0.2) is 12.6 Å². The third-order valence-electron chi connectivity index (χ3n) is 5.58. The highest BCUT2D eigenvalue weighted by atomic mass is 14.9. The number of hydrogen-bond acceptors (Lipinski definition) is 1. The fraction of sp³-hybridized carbons (Fsp3) is 1.00. The molecular formula is C20H41N. The molecule has 1 atom stereocenters. The predicted octanol–water partition coefficient (Wildman–Crippen LogP) is 6.18. The van der Waals surface area contributed by atoms with Gasteiger partial charge in [-0.1, -0.05) is 66.7 Å². The van der Waals surface area contributed by atoms with Gasteiger partial charge in [0.25, 0.3) is 0 Å². The van der Waals surface area contributed by atoms with Crippen LogP contribution in [0.2, 0.25) is 0 Å². The molecule has 0 heterocycles. The zero-order chi connectivity index (χ0) is 15.7. The van der Waals surface area contributed by atoms with Gasteiger partial charge in [0.1, 0.15) is 0 Å². The molecule has 0 bridgehead atoms. The molecule has 1 fully saturated rings. The van der Waals surface area contributed by atoms with Crippen LogP contribution in [-0.2, 0) is 0 Å². The van der Waals surface area contributed by atoms with E-state index in [0.717, 1.165) is 11.8 Å². The van der Waals surface area contributed by atoms with E-state index in [-0.39, 0.29) is 0 Å². The average molecular weight is 296 g/mol. The standard InChI is InChI=1S/C20H41N/c1-6-8-10-19-11-13-20(14-12-19,16-21-17(3)4)15-18(5)9-7-2/h17-19,21H,6-16H2,1-5H3. The van der Waals surface area contributed by atoms with Gasteiger partial charge < -0.3 is 5.32 Å². The Morgan fingerprint density at radius 2 is 1.71 bits per heavy atom. The Morgan fingerprint density at radius 1 is 1.05 bits per heavy atom. The molecular weight excluding hydrogens is 254 g/mol. The van der Waals surface area contributed by atoms with Gasteiger partial charge in [-0.25, -0.2) is 0 Å². The fourth-order valence-electron chi connectivity index (χ4n) is 4.28. The summed E-state index contributed by atoms with van der Waals surface area (Å²) in [6.07, 6.45) is 14.4. The van der Waals surface area contributed by atoms with Gasteiger partial charge in [-0.15, -0.1) is 0 Å². The van der Waals surface area contributed by atoms with E-state index in [1.54, 1.807) is 0 Å². The summed E-state index contributed by atoms with van der Waals surface area (Å²) in [7, 11) is 0. The molecule has 1 N–H and O–H groups in total. The number of hydrogen-bond donors (Lipinski definition) is 1. The highest BCUT2D eigenvalue weighted by Crippen LogP contribution is 2.45. The first-order chi connectivity index (χ1) is 10.0. The van der Waals surface area contributed by atoms with Crippen LogP contribution in [0.15, 0.2) is 0 Å². The van der Waals surface area contributed by atoms with Crippen LogP contribution < -0.4 is 5.32 Å². The fourth-order valence-corrected chi connectivity index (χ4v) is 4.28. The quantitative estimate of drug-likeness (QED) is 0.507. The van der Waals surface area contributed by atoms with E-state index < -0.39 is 0 Å². The minimum atomic E-state index is 0.599. The maximum atomic E-state index is 3.76. The molecule has 1 aliphatic carbocycles. The van der Waals surface area contributed by atoms with E-state index in [1.165, 1.54) is 70.8 Å². The van der Waals surface area contributed by atoms with E-state index >= 15 is 0 Å². The second-order valence-electron chi connectivity index (χ2n) is 8.22. The molecule has 0 spiro atoms. The van der Waals surface area contributed by atoms with Crippen LogP contribution in [0.25, 0.3) is 0 Å². The van der Waals surface area contributed by atoms with E-state index in [4.69, 9.17) is 0 Å². The minimum absolute atomic E-state index is 0.599. The predicted molar refractivity (Wildman–Crippen MR) is 95.7 cm³/mol. The summed E-state index contributed by atoms with van der Waals surface area (Å²) in [6.45, 7) is 13.0. The number of unbranched alkanes of at least 4 members (excludes halogenated alkanes) is 1. The molecule has 0 amide bonds. The monoisotopic (exact) mass is 295 g/mol. The summed E-state index contributed by atoms with van der Waals surface area (Å²) >= 11 is 0. The van der Waals surface area contributed by atoms with Crippen LogP contribution in [0.5, 0.6) is 0 Å². The average Bonchev–Trinajstić information content (AvgIpc) is 2.45. The Bertz CT molecular complexity index is 251. The Hall–Kier alpha value is -0.0400. The molecule has 0 saturated heterocycles. The molecule has 1 heteroatoms. The Labute approximate surface area is 134 Å². The number of rotatable bonds is 10. The Morgan fingerprint density at radius 3 is 2.24 bits per heavy atom. The summed E-state index contributed by atoms with van der Waals surface area (Å²) in [5.74, 6) is 1.93. The lowest BCUT2D eigenvalue weighted by Gasteiger charge is -2.43. The summed E-state index contributed by atoms with van der Waals surface area (Å²) in [4.78, 5) is 0. The molecule has 1 saturated carbocycles. The molecule has 1 aliphatic rings. The minimum Gasteiger partial charge on any atom is -0.314 e. The molecule has 0 radical (unpaired) electrons. The molecule has 0 aromatic rings. The Balaban J connectivity index is 2.53. The van der Waals surface area contributed by atoms with Crippen molar-refractivity contribution in [2.24, 2.45) is 17.3 Å². The molecule has 1 rings (SSSR count). The topological polar surface area (TPSA) is 12.0 Å². The van der Waals surface area contributed by atoms with E-state index in [1.807, 2.05) is 0 Å². The second-order valence-corrected chi connectivity index (χ2v) is 8.22. The first-order valence-electron chi connectivity index (χ1n) is 9.74. The molecule has 126 valence electrons. The third kappa shape index (κ3) is 7.17. The van der Waals surface area contributed by atoms with Gasteiger partial charge in [0.05, 0.1) is 0 Å². The molecule has 0 aliphatic heterocycles.